The van der Waals surface area contributed by atoms with Crippen molar-refractivity contribution in [1.29, 1.82) is 0 Å². The zero-order valence-electron chi connectivity index (χ0n) is 13.5. The molecular weight excluding hydrogens is 318 g/mol. The van der Waals surface area contributed by atoms with Gasteiger partial charge in [-0.05, 0) is 30.5 Å². The number of hydrogen-bond donors (Lipinski definition) is 0. The summed E-state index contributed by atoms with van der Waals surface area (Å²) in [5.74, 6) is -0.616. The Kier molecular flexibility index (Phi) is 6.15. The third kappa shape index (κ3) is 4.76. The number of carbonyl (C=O) groups is 1. The van der Waals surface area contributed by atoms with Crippen LogP contribution >= 0.6 is 0 Å². The van der Waals surface area contributed by atoms with Crippen LogP contribution in [0.25, 0.3) is 0 Å². The molecule has 0 bridgehead atoms. The van der Waals surface area contributed by atoms with Gasteiger partial charge in [0.05, 0.1) is 24.5 Å². The highest BCUT2D eigenvalue weighted by Crippen LogP contribution is 2.18. The topological polar surface area (TPSA) is 72.9 Å². The van der Waals surface area contributed by atoms with E-state index in [1.807, 2.05) is 6.92 Å². The Morgan fingerprint density at radius 2 is 2.22 bits per heavy atom. The van der Waals surface area contributed by atoms with Gasteiger partial charge in [-0.15, -0.1) is 0 Å². The summed E-state index contributed by atoms with van der Waals surface area (Å²) in [7, 11) is -2.16. The highest BCUT2D eigenvalue weighted by atomic mass is 32.2. The van der Waals surface area contributed by atoms with Crippen molar-refractivity contribution in [2.24, 2.45) is 0 Å². The molecule has 0 aromatic heterocycles. The predicted molar refractivity (Wildman–Crippen MR) is 86.6 cm³/mol. The zero-order chi connectivity index (χ0) is 16.9. The Bertz CT molecular complexity index is 638. The Morgan fingerprint density at radius 3 is 2.83 bits per heavy atom. The lowest BCUT2D eigenvalue weighted by atomic mass is 10.1. The largest absolute Gasteiger partial charge is 0.465 e. The summed E-state index contributed by atoms with van der Waals surface area (Å²) in [6.07, 6.45) is 1.85. The van der Waals surface area contributed by atoms with Crippen LogP contribution in [0.5, 0.6) is 0 Å². The molecular formula is C16H23NO5S. The minimum atomic E-state index is -3.46. The number of carbonyl (C=O) groups excluding carboxylic acids is 1. The molecule has 1 aliphatic rings. The summed E-state index contributed by atoms with van der Waals surface area (Å²) in [5, 5.41) is 0. The molecule has 128 valence electrons. The number of likely N-dealkylation sites (N-methyl/N-ethyl adjacent to an activating group) is 1. The van der Waals surface area contributed by atoms with E-state index in [0.29, 0.717) is 30.8 Å². The minimum absolute atomic E-state index is 0.0221. The average Bonchev–Trinajstić information content (AvgIpc) is 3.04. The third-order valence-electron chi connectivity index (χ3n) is 3.87. The molecule has 0 radical (unpaired) electrons. The molecule has 0 saturated carbocycles. The minimum Gasteiger partial charge on any atom is -0.465 e. The molecule has 1 aromatic carbocycles. The van der Waals surface area contributed by atoms with Crippen molar-refractivity contribution in [3.63, 3.8) is 0 Å². The molecule has 1 aromatic rings. The van der Waals surface area contributed by atoms with E-state index in [9.17, 15) is 13.2 Å². The SMILES string of the molecule is CCN(CC1CCCO1)S(=O)(=O)Cc1cccc(C(=O)OC)c1. The van der Waals surface area contributed by atoms with Gasteiger partial charge in [0.1, 0.15) is 0 Å². The Hall–Kier alpha value is -1.44. The second-order valence-corrected chi connectivity index (χ2v) is 7.50. The maximum absolute atomic E-state index is 12.6. The van der Waals surface area contributed by atoms with Gasteiger partial charge in [0.25, 0.3) is 0 Å². The van der Waals surface area contributed by atoms with Crippen molar-refractivity contribution in [3.05, 3.63) is 35.4 Å². The molecule has 2 rings (SSSR count). The fraction of sp³-hybridized carbons (Fsp3) is 0.562. The number of methoxy groups -OCH3 is 1. The fourth-order valence-electron chi connectivity index (χ4n) is 2.66. The fourth-order valence-corrected chi connectivity index (χ4v) is 4.23. The maximum Gasteiger partial charge on any atom is 0.337 e. The number of ether oxygens (including phenoxy) is 2. The highest BCUT2D eigenvalue weighted by molar-refractivity contribution is 7.88. The van der Waals surface area contributed by atoms with Crippen molar-refractivity contribution in [3.8, 4) is 0 Å². The summed E-state index contributed by atoms with van der Waals surface area (Å²) in [4.78, 5) is 11.6. The molecule has 0 N–H and O–H groups in total. The van der Waals surface area contributed by atoms with Crippen LogP contribution < -0.4 is 0 Å². The van der Waals surface area contributed by atoms with Crippen molar-refractivity contribution in [1.82, 2.24) is 4.31 Å². The van der Waals surface area contributed by atoms with Gasteiger partial charge < -0.3 is 9.47 Å². The van der Waals surface area contributed by atoms with E-state index < -0.39 is 16.0 Å². The van der Waals surface area contributed by atoms with E-state index in [1.165, 1.54) is 11.4 Å². The molecule has 23 heavy (non-hydrogen) atoms. The van der Waals surface area contributed by atoms with Crippen molar-refractivity contribution < 1.29 is 22.7 Å². The Morgan fingerprint density at radius 1 is 1.43 bits per heavy atom. The molecule has 0 amide bonds. The van der Waals surface area contributed by atoms with Gasteiger partial charge in [-0.2, -0.15) is 4.31 Å². The summed E-state index contributed by atoms with van der Waals surface area (Å²) < 4.78 is 36.9. The van der Waals surface area contributed by atoms with Crippen LogP contribution in [-0.2, 0) is 25.2 Å². The monoisotopic (exact) mass is 341 g/mol. The second kappa shape index (κ2) is 7.90. The van der Waals surface area contributed by atoms with E-state index in [-0.39, 0.29) is 11.9 Å². The molecule has 6 nitrogen and oxygen atoms in total. The van der Waals surface area contributed by atoms with E-state index >= 15 is 0 Å². The lowest BCUT2D eigenvalue weighted by Gasteiger charge is -2.23. The first kappa shape index (κ1) is 17.9. The van der Waals surface area contributed by atoms with Crippen molar-refractivity contribution >= 4 is 16.0 Å². The molecule has 0 aliphatic carbocycles. The molecule has 1 unspecified atom stereocenters. The summed E-state index contributed by atoms with van der Waals surface area (Å²) in [5.41, 5.74) is 0.918. The first-order chi connectivity index (χ1) is 11.0. The van der Waals surface area contributed by atoms with Gasteiger partial charge in [-0.1, -0.05) is 19.1 Å². The van der Waals surface area contributed by atoms with Crippen LogP contribution in [0.1, 0.15) is 35.7 Å². The number of sulfonamides is 1. The Balaban J connectivity index is 2.10. The van der Waals surface area contributed by atoms with E-state index in [1.54, 1.807) is 24.3 Å². The van der Waals surface area contributed by atoms with Gasteiger partial charge in [0, 0.05) is 19.7 Å². The number of nitrogens with zero attached hydrogens (tertiary/aromatic N) is 1. The van der Waals surface area contributed by atoms with Crippen molar-refractivity contribution in [2.45, 2.75) is 31.6 Å². The van der Waals surface area contributed by atoms with Gasteiger partial charge >= 0.3 is 5.97 Å². The lowest BCUT2D eigenvalue weighted by molar-refractivity contribution is 0.0600. The maximum atomic E-state index is 12.6. The molecule has 0 spiro atoms. The first-order valence-corrected chi connectivity index (χ1v) is 9.34. The molecule has 1 saturated heterocycles. The molecule has 1 fully saturated rings. The van der Waals surface area contributed by atoms with E-state index in [0.717, 1.165) is 12.8 Å². The van der Waals surface area contributed by atoms with Crippen LogP contribution in [0.2, 0.25) is 0 Å². The highest BCUT2D eigenvalue weighted by Gasteiger charge is 2.26. The smallest absolute Gasteiger partial charge is 0.337 e. The van der Waals surface area contributed by atoms with Gasteiger partial charge in [0.15, 0.2) is 0 Å². The predicted octanol–water partition coefficient (Wildman–Crippen LogP) is 1.80. The molecule has 1 atom stereocenters. The van der Waals surface area contributed by atoms with Crippen LogP contribution in [0.4, 0.5) is 0 Å². The number of rotatable bonds is 7. The standard InChI is InChI=1S/C16H23NO5S/c1-3-17(11-15-8-5-9-22-15)23(19,20)12-13-6-4-7-14(10-13)16(18)21-2/h4,6-7,10,15H,3,5,8-9,11-12H2,1-2H3. The average molecular weight is 341 g/mol. The zero-order valence-corrected chi connectivity index (χ0v) is 14.3. The quantitative estimate of drug-likeness (QED) is 0.707. The summed E-state index contributed by atoms with van der Waals surface area (Å²) in [6.45, 7) is 3.30. The van der Waals surface area contributed by atoms with Crippen LogP contribution in [0.3, 0.4) is 0 Å². The van der Waals surface area contributed by atoms with Gasteiger partial charge in [0.2, 0.25) is 10.0 Å². The third-order valence-corrected chi connectivity index (χ3v) is 5.77. The number of benzene rings is 1. The van der Waals surface area contributed by atoms with Gasteiger partial charge in [-0.25, -0.2) is 13.2 Å². The lowest BCUT2D eigenvalue weighted by Crippen LogP contribution is -2.37. The van der Waals surface area contributed by atoms with Crippen LogP contribution in [0, 0.1) is 0 Å². The molecule has 7 heteroatoms. The van der Waals surface area contributed by atoms with E-state index in [4.69, 9.17) is 4.74 Å². The second-order valence-electron chi connectivity index (χ2n) is 5.53. The van der Waals surface area contributed by atoms with Crippen LogP contribution in [0.15, 0.2) is 24.3 Å². The molecule has 1 aliphatic heterocycles. The normalized spacial score (nSPS) is 18.3. The number of esters is 1. The summed E-state index contributed by atoms with van der Waals surface area (Å²) in [6, 6.07) is 6.52. The Labute approximate surface area is 137 Å². The van der Waals surface area contributed by atoms with Crippen LogP contribution in [-0.4, -0.2) is 51.6 Å². The first-order valence-electron chi connectivity index (χ1n) is 7.73. The molecule has 1 heterocycles. The number of hydrogen-bond acceptors (Lipinski definition) is 5. The van der Waals surface area contributed by atoms with Gasteiger partial charge in [-0.3, -0.25) is 0 Å². The van der Waals surface area contributed by atoms with E-state index in [2.05, 4.69) is 4.74 Å². The van der Waals surface area contributed by atoms with Crippen molar-refractivity contribution in [2.75, 3.05) is 26.8 Å². The summed E-state index contributed by atoms with van der Waals surface area (Å²) >= 11 is 0.